The number of fused-ring (bicyclic) bond motifs is 3. The minimum absolute atomic E-state index is 1.15. The van der Waals surface area contributed by atoms with Crippen LogP contribution in [0.3, 0.4) is 0 Å². The Labute approximate surface area is 191 Å². The average Bonchev–Trinajstić information content (AvgIpc) is 3.24. The van der Waals surface area contributed by atoms with Crippen molar-refractivity contribution in [2.75, 3.05) is 4.90 Å². The first-order valence-electron chi connectivity index (χ1n) is 10.8. The number of para-hydroxylation sites is 1. The lowest BCUT2D eigenvalue weighted by atomic mass is 10.0. The molecule has 0 spiro atoms. The molecule has 0 radical (unpaired) electrons. The smallest absolute Gasteiger partial charge is 0.0468 e. The lowest BCUT2D eigenvalue weighted by molar-refractivity contribution is 1.29. The number of hydrogen-bond acceptors (Lipinski definition) is 2. The zero-order valence-corrected chi connectivity index (χ0v) is 18.3. The molecule has 0 saturated heterocycles. The fourth-order valence-electron chi connectivity index (χ4n) is 4.33. The summed E-state index contributed by atoms with van der Waals surface area (Å²) in [5.41, 5.74) is 5.90. The highest BCUT2D eigenvalue weighted by Gasteiger charge is 2.15. The van der Waals surface area contributed by atoms with Gasteiger partial charge in [0.1, 0.15) is 0 Å². The maximum atomic E-state index is 2.35. The Hall–Kier alpha value is -3.88. The Balaban J connectivity index is 1.55. The summed E-state index contributed by atoms with van der Waals surface area (Å²) >= 11 is 1.85. The molecule has 1 aromatic heterocycles. The highest BCUT2D eigenvalue weighted by atomic mass is 32.1. The van der Waals surface area contributed by atoms with Crippen molar-refractivity contribution in [3.8, 4) is 11.1 Å². The summed E-state index contributed by atoms with van der Waals surface area (Å²) in [4.78, 5) is 2.35. The molecule has 0 atom stereocenters. The molecule has 5 aromatic carbocycles. The van der Waals surface area contributed by atoms with Gasteiger partial charge in [-0.2, -0.15) is 0 Å². The molecule has 6 aromatic rings. The van der Waals surface area contributed by atoms with E-state index >= 15 is 0 Å². The summed E-state index contributed by atoms with van der Waals surface area (Å²) in [5, 5.41) is 2.63. The van der Waals surface area contributed by atoms with Crippen LogP contribution >= 0.6 is 11.3 Å². The maximum Gasteiger partial charge on any atom is 0.0468 e. The van der Waals surface area contributed by atoms with Crippen molar-refractivity contribution in [2.24, 2.45) is 0 Å². The molecule has 1 nitrogen and oxygen atoms in total. The lowest BCUT2D eigenvalue weighted by Crippen LogP contribution is -2.09. The second-order valence-electron chi connectivity index (χ2n) is 7.87. The van der Waals surface area contributed by atoms with Gasteiger partial charge < -0.3 is 4.90 Å². The third-order valence-corrected chi connectivity index (χ3v) is 7.00. The first kappa shape index (κ1) is 18.9. The van der Waals surface area contributed by atoms with Crippen molar-refractivity contribution >= 4 is 48.6 Å². The van der Waals surface area contributed by atoms with Crippen LogP contribution in [0.15, 0.2) is 127 Å². The SMILES string of the molecule is c1ccc(-c2cccc(N(c3ccccc3)c3ccc4sc5ccccc5c4c3)c2)cc1. The fraction of sp³-hybridized carbons (Fsp3) is 0. The molecular formula is C30H21NS. The molecule has 2 heteroatoms. The first-order chi connectivity index (χ1) is 15.9. The summed E-state index contributed by atoms with van der Waals surface area (Å²) in [7, 11) is 0. The van der Waals surface area contributed by atoms with Gasteiger partial charge in [0.05, 0.1) is 0 Å². The average molecular weight is 428 g/mol. The van der Waals surface area contributed by atoms with Crippen molar-refractivity contribution in [2.45, 2.75) is 0 Å². The van der Waals surface area contributed by atoms with E-state index in [-0.39, 0.29) is 0 Å². The molecule has 0 N–H and O–H groups in total. The number of hydrogen-bond donors (Lipinski definition) is 0. The second-order valence-corrected chi connectivity index (χ2v) is 8.95. The molecule has 0 aliphatic rings. The molecule has 0 saturated carbocycles. The molecule has 152 valence electrons. The van der Waals surface area contributed by atoms with Crippen molar-refractivity contribution in [1.29, 1.82) is 0 Å². The van der Waals surface area contributed by atoms with Crippen LogP contribution in [0.4, 0.5) is 17.1 Å². The summed E-state index contributed by atoms with van der Waals surface area (Å²) in [5.74, 6) is 0. The quantitative estimate of drug-likeness (QED) is 0.271. The predicted molar refractivity (Wildman–Crippen MR) is 139 cm³/mol. The number of rotatable bonds is 4. The van der Waals surface area contributed by atoms with E-state index in [4.69, 9.17) is 0 Å². The van der Waals surface area contributed by atoms with Gasteiger partial charge in [-0.05, 0) is 59.7 Å². The van der Waals surface area contributed by atoms with Crippen LogP contribution in [-0.4, -0.2) is 0 Å². The van der Waals surface area contributed by atoms with Crippen LogP contribution in [0.5, 0.6) is 0 Å². The number of anilines is 3. The van der Waals surface area contributed by atoms with Crippen molar-refractivity contribution in [3.63, 3.8) is 0 Å². The van der Waals surface area contributed by atoms with E-state index in [0.717, 1.165) is 17.1 Å². The zero-order valence-electron chi connectivity index (χ0n) is 17.5. The maximum absolute atomic E-state index is 2.35. The zero-order chi connectivity index (χ0) is 21.3. The molecule has 0 unspecified atom stereocenters. The van der Waals surface area contributed by atoms with E-state index in [1.54, 1.807) is 0 Å². The molecule has 0 aliphatic heterocycles. The number of thiophene rings is 1. The van der Waals surface area contributed by atoms with E-state index in [1.807, 2.05) is 11.3 Å². The van der Waals surface area contributed by atoms with Crippen LogP contribution in [-0.2, 0) is 0 Å². The number of benzene rings is 5. The summed E-state index contributed by atoms with van der Waals surface area (Å²) in [6.45, 7) is 0. The van der Waals surface area contributed by atoms with E-state index in [9.17, 15) is 0 Å². The highest BCUT2D eigenvalue weighted by molar-refractivity contribution is 7.25. The summed E-state index contributed by atoms with van der Waals surface area (Å²) in [6, 6.07) is 45.5. The predicted octanol–water partition coefficient (Wildman–Crippen LogP) is 9.19. The van der Waals surface area contributed by atoms with Gasteiger partial charge in [0.2, 0.25) is 0 Å². The van der Waals surface area contributed by atoms with Gasteiger partial charge in [0.25, 0.3) is 0 Å². The Morgan fingerprint density at radius 3 is 1.88 bits per heavy atom. The van der Waals surface area contributed by atoms with Gasteiger partial charge in [0, 0.05) is 37.2 Å². The standard InChI is InChI=1S/C30H21NS/c1-3-10-22(11-4-1)23-12-9-15-25(20-23)31(24-13-5-2-6-14-24)26-18-19-30-28(21-26)27-16-7-8-17-29(27)32-30/h1-21H. The minimum Gasteiger partial charge on any atom is -0.310 e. The third-order valence-electron chi connectivity index (χ3n) is 5.84. The Morgan fingerprint density at radius 2 is 1.03 bits per heavy atom. The largest absolute Gasteiger partial charge is 0.310 e. The molecular weight excluding hydrogens is 406 g/mol. The van der Waals surface area contributed by atoms with Crippen LogP contribution in [0.2, 0.25) is 0 Å². The Kier molecular flexibility index (Phi) is 4.71. The van der Waals surface area contributed by atoms with Crippen molar-refractivity contribution < 1.29 is 0 Å². The van der Waals surface area contributed by atoms with Gasteiger partial charge in [-0.15, -0.1) is 11.3 Å². The molecule has 0 bridgehead atoms. The van der Waals surface area contributed by atoms with Crippen LogP contribution in [0.25, 0.3) is 31.3 Å². The minimum atomic E-state index is 1.15. The summed E-state index contributed by atoms with van der Waals surface area (Å²) in [6.07, 6.45) is 0. The van der Waals surface area contributed by atoms with Crippen LogP contribution in [0, 0.1) is 0 Å². The monoisotopic (exact) mass is 427 g/mol. The normalized spacial score (nSPS) is 11.1. The van der Waals surface area contributed by atoms with Gasteiger partial charge in [0.15, 0.2) is 0 Å². The van der Waals surface area contributed by atoms with E-state index in [2.05, 4.69) is 132 Å². The fourth-order valence-corrected chi connectivity index (χ4v) is 5.42. The number of nitrogens with zero attached hydrogens (tertiary/aromatic N) is 1. The molecule has 0 aliphatic carbocycles. The third kappa shape index (κ3) is 3.35. The van der Waals surface area contributed by atoms with Gasteiger partial charge in [-0.25, -0.2) is 0 Å². The Morgan fingerprint density at radius 1 is 0.406 bits per heavy atom. The van der Waals surface area contributed by atoms with Gasteiger partial charge in [-0.3, -0.25) is 0 Å². The summed E-state index contributed by atoms with van der Waals surface area (Å²) < 4.78 is 2.65. The molecule has 0 amide bonds. The van der Waals surface area contributed by atoms with Gasteiger partial charge >= 0.3 is 0 Å². The highest BCUT2D eigenvalue weighted by Crippen LogP contribution is 2.41. The molecule has 6 rings (SSSR count). The first-order valence-corrected chi connectivity index (χ1v) is 11.6. The lowest BCUT2D eigenvalue weighted by Gasteiger charge is -2.26. The van der Waals surface area contributed by atoms with Crippen LogP contribution in [0.1, 0.15) is 0 Å². The molecule has 1 heterocycles. The van der Waals surface area contributed by atoms with Crippen LogP contribution < -0.4 is 4.90 Å². The van der Waals surface area contributed by atoms with E-state index in [1.165, 1.54) is 31.3 Å². The molecule has 0 fully saturated rings. The Bertz CT molecular complexity index is 1520. The molecule has 32 heavy (non-hydrogen) atoms. The van der Waals surface area contributed by atoms with Crippen molar-refractivity contribution in [3.05, 3.63) is 127 Å². The second kappa shape index (κ2) is 7.99. The van der Waals surface area contributed by atoms with Crippen molar-refractivity contribution in [1.82, 2.24) is 0 Å². The van der Waals surface area contributed by atoms with Gasteiger partial charge in [-0.1, -0.05) is 78.9 Å². The van der Waals surface area contributed by atoms with E-state index in [0.29, 0.717) is 0 Å². The topological polar surface area (TPSA) is 3.24 Å². The van der Waals surface area contributed by atoms with E-state index < -0.39 is 0 Å².